The van der Waals surface area contributed by atoms with Gasteiger partial charge in [-0.1, -0.05) is 53.3 Å². The molecule has 6 nitrogen and oxygen atoms in total. The molecule has 0 saturated heterocycles. The lowest BCUT2D eigenvalue weighted by Crippen LogP contribution is -2.22. The summed E-state index contributed by atoms with van der Waals surface area (Å²) < 4.78 is 21.2. The van der Waals surface area contributed by atoms with E-state index in [1.165, 1.54) is 29.5 Å². The molecule has 0 spiro atoms. The molecule has 1 amide bonds. The minimum absolute atomic E-state index is 0.0747. The van der Waals surface area contributed by atoms with E-state index in [-0.39, 0.29) is 22.9 Å². The summed E-state index contributed by atoms with van der Waals surface area (Å²) >= 11 is 7.61. The maximum absolute atomic E-state index is 13.6. The van der Waals surface area contributed by atoms with Crippen molar-refractivity contribution in [3.05, 3.63) is 98.0 Å². The van der Waals surface area contributed by atoms with Crippen LogP contribution in [0.5, 0.6) is 5.75 Å². The van der Waals surface area contributed by atoms with E-state index in [2.05, 4.69) is 10.3 Å². The van der Waals surface area contributed by atoms with Crippen LogP contribution in [0.15, 0.2) is 71.5 Å². The Morgan fingerprint density at radius 1 is 1.15 bits per heavy atom. The molecule has 0 fully saturated rings. The van der Waals surface area contributed by atoms with Crippen molar-refractivity contribution in [1.29, 1.82) is 0 Å². The number of benzene rings is 3. The maximum atomic E-state index is 13.6. The van der Waals surface area contributed by atoms with Gasteiger partial charge in [-0.25, -0.2) is 13.8 Å². The number of nitrogens with zero attached hydrogens (tertiary/aromatic N) is 2. The lowest BCUT2D eigenvalue weighted by molar-refractivity contribution is -0.118. The molecule has 5 aromatic rings. The van der Waals surface area contributed by atoms with Crippen molar-refractivity contribution in [3.63, 3.8) is 0 Å². The average Bonchev–Trinajstić information content (AvgIpc) is 3.31. The fourth-order valence-corrected chi connectivity index (χ4v) is 4.61. The molecule has 0 saturated carbocycles. The summed E-state index contributed by atoms with van der Waals surface area (Å²) in [7, 11) is 0. The second kappa shape index (κ2) is 8.65. The Balaban J connectivity index is 1.34. The van der Waals surface area contributed by atoms with E-state index < -0.39 is 11.7 Å². The Bertz CT molecular complexity index is 1630. The largest absolute Gasteiger partial charge is 0.482 e. The topological polar surface area (TPSA) is 72.7 Å². The van der Waals surface area contributed by atoms with Gasteiger partial charge in [-0.05, 0) is 48.0 Å². The van der Waals surface area contributed by atoms with Crippen LogP contribution in [0.25, 0.3) is 22.1 Å². The number of imidazole rings is 1. The zero-order valence-electron chi connectivity index (χ0n) is 16.9. The number of thiazole rings is 1. The third-order valence-electron chi connectivity index (χ3n) is 4.91. The fraction of sp³-hybridized carbons (Fsp3) is 0.0417. The molecule has 164 valence electrons. The third-order valence-corrected chi connectivity index (χ3v) is 6.17. The highest BCUT2D eigenvalue weighted by atomic mass is 35.5. The van der Waals surface area contributed by atoms with Crippen LogP contribution in [-0.4, -0.2) is 21.9 Å². The molecule has 0 aliphatic heterocycles. The molecule has 1 N–H and O–H groups in total. The number of nitrogens with one attached hydrogen (secondary N) is 1. The van der Waals surface area contributed by atoms with Crippen LogP contribution in [0.2, 0.25) is 5.02 Å². The van der Waals surface area contributed by atoms with Crippen LogP contribution in [0.1, 0.15) is 5.56 Å². The van der Waals surface area contributed by atoms with Crippen molar-refractivity contribution in [1.82, 2.24) is 9.38 Å². The Kier molecular flexibility index (Phi) is 5.53. The molecule has 0 radical (unpaired) electrons. The number of hydrogen-bond donors (Lipinski definition) is 1. The number of para-hydroxylation sites is 3. The normalized spacial score (nSPS) is 11.9. The highest BCUT2D eigenvalue weighted by Gasteiger charge is 2.12. The number of carbonyl (C=O) groups is 1. The maximum Gasteiger partial charge on any atom is 0.274 e. The van der Waals surface area contributed by atoms with Crippen molar-refractivity contribution >= 4 is 56.6 Å². The summed E-state index contributed by atoms with van der Waals surface area (Å²) in [5, 5.41) is 2.72. The highest BCUT2D eigenvalue weighted by molar-refractivity contribution is 7.15. The molecule has 5 rings (SSSR count). The lowest BCUT2D eigenvalue weighted by Gasteiger charge is -2.09. The smallest absolute Gasteiger partial charge is 0.274 e. The van der Waals surface area contributed by atoms with E-state index in [9.17, 15) is 14.0 Å². The molecule has 2 aromatic heterocycles. The first-order chi connectivity index (χ1) is 16.0. The monoisotopic (exact) mass is 479 g/mol. The molecule has 0 bridgehead atoms. The Morgan fingerprint density at radius 3 is 2.76 bits per heavy atom. The summed E-state index contributed by atoms with van der Waals surface area (Å²) in [5.74, 6) is -0.751. The zero-order chi connectivity index (χ0) is 22.9. The molecular weight excluding hydrogens is 465 g/mol. The van der Waals surface area contributed by atoms with E-state index in [0.717, 1.165) is 11.0 Å². The molecule has 0 aliphatic rings. The summed E-state index contributed by atoms with van der Waals surface area (Å²) in [6, 6.07) is 18.3. The van der Waals surface area contributed by atoms with Crippen molar-refractivity contribution in [2.45, 2.75) is 0 Å². The van der Waals surface area contributed by atoms with Gasteiger partial charge in [-0.15, -0.1) is 0 Å². The van der Waals surface area contributed by atoms with Crippen molar-refractivity contribution in [2.24, 2.45) is 0 Å². The molecule has 0 unspecified atom stereocenters. The average molecular weight is 480 g/mol. The molecular formula is C24H15ClFN3O3S. The van der Waals surface area contributed by atoms with Gasteiger partial charge in [0.05, 0.1) is 26.3 Å². The third kappa shape index (κ3) is 4.18. The van der Waals surface area contributed by atoms with Crippen LogP contribution in [-0.2, 0) is 4.79 Å². The minimum atomic E-state index is -0.532. The number of amides is 1. The van der Waals surface area contributed by atoms with Gasteiger partial charge in [0.1, 0.15) is 11.6 Å². The number of aromatic nitrogens is 2. The van der Waals surface area contributed by atoms with Gasteiger partial charge >= 0.3 is 0 Å². The SMILES string of the molecule is O=C(COc1ccc(/C=c2\sc3nc4ccccc4n3c2=O)cc1Cl)Nc1ccccc1F. The van der Waals surface area contributed by atoms with Gasteiger partial charge in [0, 0.05) is 0 Å². The van der Waals surface area contributed by atoms with Gasteiger partial charge < -0.3 is 10.1 Å². The van der Waals surface area contributed by atoms with Gasteiger partial charge in [-0.3, -0.25) is 9.59 Å². The summed E-state index contributed by atoms with van der Waals surface area (Å²) in [5.41, 5.74) is 2.17. The lowest BCUT2D eigenvalue weighted by atomic mass is 10.2. The van der Waals surface area contributed by atoms with Crippen LogP contribution in [0.3, 0.4) is 0 Å². The van der Waals surface area contributed by atoms with E-state index in [1.807, 2.05) is 24.3 Å². The Labute approximate surface area is 195 Å². The van der Waals surface area contributed by atoms with Gasteiger partial charge in [0.25, 0.3) is 11.5 Å². The predicted molar refractivity (Wildman–Crippen MR) is 128 cm³/mol. The number of halogens is 2. The number of anilines is 1. The summed E-state index contributed by atoms with van der Waals surface area (Å²) in [6.45, 7) is -0.336. The van der Waals surface area contributed by atoms with Crippen molar-refractivity contribution < 1.29 is 13.9 Å². The van der Waals surface area contributed by atoms with Gasteiger partial charge in [0.15, 0.2) is 11.6 Å². The Hall–Kier alpha value is -3.75. The van der Waals surface area contributed by atoms with Gasteiger partial charge in [0.2, 0.25) is 0 Å². The highest BCUT2D eigenvalue weighted by Crippen LogP contribution is 2.26. The fourth-order valence-electron chi connectivity index (χ4n) is 3.38. The first kappa shape index (κ1) is 21.1. The van der Waals surface area contributed by atoms with Crippen LogP contribution in [0.4, 0.5) is 10.1 Å². The van der Waals surface area contributed by atoms with E-state index >= 15 is 0 Å². The quantitative estimate of drug-likeness (QED) is 0.408. The number of rotatable bonds is 5. The van der Waals surface area contributed by atoms with Gasteiger partial charge in [-0.2, -0.15) is 0 Å². The molecule has 0 atom stereocenters. The van der Waals surface area contributed by atoms with Crippen LogP contribution in [0, 0.1) is 5.82 Å². The minimum Gasteiger partial charge on any atom is -0.482 e. The first-order valence-corrected chi connectivity index (χ1v) is 11.1. The molecule has 3 aromatic carbocycles. The van der Waals surface area contributed by atoms with Crippen molar-refractivity contribution in [2.75, 3.05) is 11.9 Å². The number of fused-ring (bicyclic) bond motifs is 3. The molecule has 33 heavy (non-hydrogen) atoms. The number of carbonyl (C=O) groups excluding carboxylic acids is 1. The van der Waals surface area contributed by atoms with E-state index in [4.69, 9.17) is 16.3 Å². The second-order valence-electron chi connectivity index (χ2n) is 7.14. The molecule has 0 aliphatic carbocycles. The summed E-state index contributed by atoms with van der Waals surface area (Å²) in [4.78, 5) is 30.1. The summed E-state index contributed by atoms with van der Waals surface area (Å²) in [6.07, 6.45) is 1.73. The van der Waals surface area contributed by atoms with Crippen LogP contribution >= 0.6 is 22.9 Å². The second-order valence-corrected chi connectivity index (χ2v) is 8.56. The zero-order valence-corrected chi connectivity index (χ0v) is 18.5. The number of ether oxygens (including phenoxy) is 1. The Morgan fingerprint density at radius 2 is 1.94 bits per heavy atom. The van der Waals surface area contributed by atoms with Crippen molar-refractivity contribution in [3.8, 4) is 5.75 Å². The van der Waals surface area contributed by atoms with E-state index in [0.29, 0.717) is 20.8 Å². The molecule has 2 heterocycles. The number of hydrogen-bond acceptors (Lipinski definition) is 5. The standard InChI is InChI=1S/C24H15ClFN3O3S/c25-15-11-14(9-10-20(15)32-13-22(30)27-17-6-2-1-5-16(17)26)12-21-23(31)29-19-8-4-3-7-18(19)28-24(29)33-21/h1-12H,13H2,(H,27,30)/b21-12-. The molecule has 9 heteroatoms. The van der Waals surface area contributed by atoms with E-state index in [1.54, 1.807) is 34.7 Å². The predicted octanol–water partition coefficient (Wildman–Crippen LogP) is 4.27. The van der Waals surface area contributed by atoms with Crippen LogP contribution < -0.4 is 20.1 Å². The first-order valence-electron chi connectivity index (χ1n) is 9.88.